The number of para-hydroxylation sites is 2. The van der Waals surface area contributed by atoms with Crippen LogP contribution in [0.1, 0.15) is 30.4 Å². The number of anilines is 4. The molecule has 4 N–H and O–H groups in total. The van der Waals surface area contributed by atoms with Crippen LogP contribution < -0.4 is 16.4 Å². The zero-order chi connectivity index (χ0) is 21.9. The topological polar surface area (TPSA) is 96.2 Å². The third-order valence-corrected chi connectivity index (χ3v) is 6.17. The number of nitrogens with one attached hydrogen (secondary N) is 2. The molecular weight excluding hydrogens is 400 g/mol. The normalized spacial score (nSPS) is 15.6. The Hall–Kier alpha value is -3.45. The Morgan fingerprint density at radius 1 is 1.12 bits per heavy atom. The van der Waals surface area contributed by atoms with Crippen LogP contribution in [-0.4, -0.2) is 40.4 Å². The van der Waals surface area contributed by atoms with Gasteiger partial charge in [0.1, 0.15) is 0 Å². The van der Waals surface area contributed by atoms with Gasteiger partial charge in [0.25, 0.3) is 0 Å². The van der Waals surface area contributed by atoms with Gasteiger partial charge in [0, 0.05) is 17.3 Å². The molecule has 3 heterocycles. The summed E-state index contributed by atoms with van der Waals surface area (Å²) in [6.07, 6.45) is 6.76. The van der Waals surface area contributed by atoms with Crippen LogP contribution in [0.5, 0.6) is 0 Å². The van der Waals surface area contributed by atoms with Crippen molar-refractivity contribution in [3.63, 3.8) is 0 Å². The van der Waals surface area contributed by atoms with Crippen LogP contribution in [0.2, 0.25) is 0 Å². The Morgan fingerprint density at radius 2 is 1.97 bits per heavy atom. The van der Waals surface area contributed by atoms with Crippen LogP contribution in [0.25, 0.3) is 11.3 Å². The van der Waals surface area contributed by atoms with Gasteiger partial charge in [0.2, 0.25) is 11.9 Å². The van der Waals surface area contributed by atoms with Crippen molar-refractivity contribution in [3.8, 4) is 11.3 Å². The fourth-order valence-electron chi connectivity index (χ4n) is 4.49. The molecule has 0 atom stereocenters. The number of hydrogen-bond donors (Lipinski definition) is 3. The number of nitrogens with zero attached hydrogens (tertiary/aromatic N) is 3. The quantitative estimate of drug-likeness (QED) is 0.514. The van der Waals surface area contributed by atoms with Crippen molar-refractivity contribution in [3.05, 3.63) is 59.8 Å². The van der Waals surface area contributed by atoms with Gasteiger partial charge < -0.3 is 21.3 Å². The van der Waals surface area contributed by atoms with E-state index in [4.69, 9.17) is 10.7 Å². The van der Waals surface area contributed by atoms with Gasteiger partial charge in [0.05, 0.1) is 29.2 Å². The van der Waals surface area contributed by atoms with Gasteiger partial charge in [-0.1, -0.05) is 18.2 Å². The summed E-state index contributed by atoms with van der Waals surface area (Å²) in [4.78, 5) is 24.2. The average Bonchev–Trinajstić information content (AvgIpc) is 3.26. The number of benzene rings is 2. The lowest BCUT2D eigenvalue weighted by Gasteiger charge is -2.15. The predicted octanol–water partition coefficient (Wildman–Crippen LogP) is 3.99. The molecule has 0 radical (unpaired) electrons. The lowest BCUT2D eigenvalue weighted by molar-refractivity contribution is -0.115. The molecule has 164 valence electrons. The standard InChI is InChI=1S/C25H28N6O/c26-20-7-1-2-8-22(20)29-25-27-16-18-15-23(32)28-21-10-9-17(14-19(21)24(18)30-25)6-5-13-31-11-3-4-12-31/h1-2,7-10,14,16H,3-6,11-13,15,26H2,(H,28,32)(H,27,29,30). The average molecular weight is 429 g/mol. The van der Waals surface area contributed by atoms with E-state index in [0.29, 0.717) is 11.6 Å². The zero-order valence-electron chi connectivity index (χ0n) is 18.1. The zero-order valence-corrected chi connectivity index (χ0v) is 18.1. The first-order chi connectivity index (χ1) is 15.7. The molecule has 0 bridgehead atoms. The first-order valence-corrected chi connectivity index (χ1v) is 11.3. The maximum atomic E-state index is 12.4. The van der Waals surface area contributed by atoms with E-state index in [-0.39, 0.29) is 12.3 Å². The van der Waals surface area contributed by atoms with Crippen molar-refractivity contribution < 1.29 is 4.79 Å². The number of hydrogen-bond acceptors (Lipinski definition) is 6. The Bertz CT molecular complexity index is 1140. The van der Waals surface area contributed by atoms with Crippen molar-refractivity contribution in [1.29, 1.82) is 0 Å². The van der Waals surface area contributed by atoms with Gasteiger partial charge in [-0.25, -0.2) is 9.97 Å². The lowest BCUT2D eigenvalue weighted by Crippen LogP contribution is -2.20. The number of nitrogens with two attached hydrogens (primary N) is 1. The molecule has 2 aliphatic rings. The first-order valence-electron chi connectivity index (χ1n) is 11.3. The fraction of sp³-hybridized carbons (Fsp3) is 0.320. The molecule has 7 heteroatoms. The van der Waals surface area contributed by atoms with Crippen molar-refractivity contribution in [2.75, 3.05) is 36.0 Å². The molecule has 2 aliphatic heterocycles. The molecule has 1 aromatic heterocycles. The number of aryl methyl sites for hydroxylation is 1. The molecule has 1 fully saturated rings. The molecule has 0 unspecified atom stereocenters. The number of aromatic nitrogens is 2. The Labute approximate surface area is 188 Å². The van der Waals surface area contributed by atoms with Crippen LogP contribution in [0.3, 0.4) is 0 Å². The highest BCUT2D eigenvalue weighted by atomic mass is 16.1. The van der Waals surface area contributed by atoms with Crippen LogP contribution in [0.15, 0.2) is 48.7 Å². The number of carbonyl (C=O) groups excluding carboxylic acids is 1. The van der Waals surface area contributed by atoms with E-state index >= 15 is 0 Å². The van der Waals surface area contributed by atoms with E-state index in [2.05, 4.69) is 32.7 Å². The third-order valence-electron chi connectivity index (χ3n) is 6.17. The van der Waals surface area contributed by atoms with E-state index in [0.717, 1.165) is 47.6 Å². The highest BCUT2D eigenvalue weighted by Crippen LogP contribution is 2.34. The number of likely N-dealkylation sites (tertiary alicyclic amines) is 1. The second-order valence-electron chi connectivity index (χ2n) is 8.54. The molecule has 0 aliphatic carbocycles. The number of fused-ring (bicyclic) bond motifs is 3. The van der Waals surface area contributed by atoms with E-state index in [1.54, 1.807) is 6.20 Å². The molecule has 1 amide bonds. The molecular formula is C25H28N6O. The Balaban J connectivity index is 1.43. The van der Waals surface area contributed by atoms with Gasteiger partial charge >= 0.3 is 0 Å². The highest BCUT2D eigenvalue weighted by molar-refractivity contribution is 6.00. The summed E-state index contributed by atoms with van der Waals surface area (Å²) in [6, 6.07) is 13.8. The molecule has 7 nitrogen and oxygen atoms in total. The van der Waals surface area contributed by atoms with Crippen molar-refractivity contribution >= 4 is 28.9 Å². The molecule has 0 saturated carbocycles. The second-order valence-corrected chi connectivity index (χ2v) is 8.54. The SMILES string of the molecule is Nc1ccccc1Nc1ncc2c(n1)-c1cc(CCCN3CCCC3)ccc1NC(=O)C2. The molecule has 0 spiro atoms. The Kier molecular flexibility index (Phi) is 5.73. The lowest BCUT2D eigenvalue weighted by atomic mass is 10.00. The largest absolute Gasteiger partial charge is 0.397 e. The monoisotopic (exact) mass is 428 g/mol. The number of carbonyl (C=O) groups is 1. The minimum absolute atomic E-state index is 0.0524. The summed E-state index contributed by atoms with van der Waals surface area (Å²) in [6.45, 7) is 3.59. The van der Waals surface area contributed by atoms with Crippen molar-refractivity contribution in [2.45, 2.75) is 32.1 Å². The van der Waals surface area contributed by atoms with E-state index < -0.39 is 0 Å². The van der Waals surface area contributed by atoms with E-state index in [1.807, 2.05) is 30.3 Å². The van der Waals surface area contributed by atoms with E-state index in [1.165, 1.54) is 31.5 Å². The van der Waals surface area contributed by atoms with Gasteiger partial charge in [-0.3, -0.25) is 4.79 Å². The minimum atomic E-state index is -0.0524. The maximum Gasteiger partial charge on any atom is 0.228 e. The summed E-state index contributed by atoms with van der Waals surface area (Å²) < 4.78 is 0. The molecule has 32 heavy (non-hydrogen) atoms. The van der Waals surface area contributed by atoms with Crippen molar-refractivity contribution in [1.82, 2.24) is 14.9 Å². The Morgan fingerprint density at radius 3 is 2.81 bits per heavy atom. The summed E-state index contributed by atoms with van der Waals surface area (Å²) in [5.41, 5.74) is 12.0. The molecule has 2 aromatic carbocycles. The summed E-state index contributed by atoms with van der Waals surface area (Å²) in [5, 5.41) is 6.23. The number of rotatable bonds is 6. The summed E-state index contributed by atoms with van der Waals surface area (Å²) in [5.74, 6) is 0.407. The van der Waals surface area contributed by atoms with Gasteiger partial charge in [-0.15, -0.1) is 0 Å². The van der Waals surface area contributed by atoms with Crippen LogP contribution >= 0.6 is 0 Å². The van der Waals surface area contributed by atoms with Crippen LogP contribution in [-0.2, 0) is 17.6 Å². The third kappa shape index (κ3) is 4.43. The van der Waals surface area contributed by atoms with Gasteiger partial charge in [0.15, 0.2) is 0 Å². The number of nitrogen functional groups attached to an aromatic ring is 1. The molecule has 5 rings (SSSR count). The smallest absolute Gasteiger partial charge is 0.228 e. The maximum absolute atomic E-state index is 12.4. The minimum Gasteiger partial charge on any atom is -0.397 e. The number of amides is 1. The van der Waals surface area contributed by atoms with Gasteiger partial charge in [-0.05, 0) is 75.1 Å². The summed E-state index contributed by atoms with van der Waals surface area (Å²) in [7, 11) is 0. The predicted molar refractivity (Wildman–Crippen MR) is 128 cm³/mol. The highest BCUT2D eigenvalue weighted by Gasteiger charge is 2.22. The summed E-state index contributed by atoms with van der Waals surface area (Å²) >= 11 is 0. The first kappa shape index (κ1) is 20.5. The molecule has 1 saturated heterocycles. The second kappa shape index (κ2) is 8.96. The van der Waals surface area contributed by atoms with Crippen LogP contribution in [0, 0.1) is 0 Å². The van der Waals surface area contributed by atoms with Crippen molar-refractivity contribution in [2.24, 2.45) is 0 Å². The van der Waals surface area contributed by atoms with E-state index in [9.17, 15) is 4.79 Å². The fourth-order valence-corrected chi connectivity index (χ4v) is 4.49. The van der Waals surface area contributed by atoms with Crippen LogP contribution in [0.4, 0.5) is 23.0 Å². The molecule has 3 aromatic rings. The van der Waals surface area contributed by atoms with Gasteiger partial charge in [-0.2, -0.15) is 0 Å².